The third-order valence-electron chi connectivity index (χ3n) is 3.65. The molecule has 1 unspecified atom stereocenters. The minimum atomic E-state index is 0.0549. The van der Waals surface area contributed by atoms with Crippen molar-refractivity contribution < 1.29 is 14.6 Å². The number of aromatic nitrogens is 1. The van der Waals surface area contributed by atoms with Crippen molar-refractivity contribution in [2.45, 2.75) is 19.4 Å². The van der Waals surface area contributed by atoms with E-state index in [9.17, 15) is 9.90 Å². The van der Waals surface area contributed by atoms with Crippen molar-refractivity contribution in [2.24, 2.45) is 5.92 Å². The number of piperidine rings is 1. The van der Waals surface area contributed by atoms with Gasteiger partial charge in [-0.2, -0.15) is 0 Å². The second-order valence-electron chi connectivity index (χ2n) is 5.02. The van der Waals surface area contributed by atoms with Gasteiger partial charge >= 0.3 is 0 Å². The average Bonchev–Trinajstić information content (AvgIpc) is 2.92. The number of nitrogens with zero attached hydrogens (tertiary/aromatic N) is 2. The van der Waals surface area contributed by atoms with Crippen molar-refractivity contribution in [2.75, 3.05) is 33.4 Å². The average molecular weight is 266 g/mol. The van der Waals surface area contributed by atoms with Crippen LogP contribution < -0.4 is 0 Å². The summed E-state index contributed by atoms with van der Waals surface area (Å²) in [4.78, 5) is 14.3. The van der Waals surface area contributed by atoms with Crippen LogP contribution in [-0.2, 0) is 11.3 Å². The predicted molar refractivity (Wildman–Crippen MR) is 72.0 cm³/mol. The van der Waals surface area contributed by atoms with Gasteiger partial charge in [0.05, 0.1) is 6.61 Å². The quantitative estimate of drug-likeness (QED) is 0.864. The van der Waals surface area contributed by atoms with Crippen molar-refractivity contribution in [3.63, 3.8) is 0 Å². The lowest BCUT2D eigenvalue weighted by molar-refractivity contribution is 0.0608. The summed E-state index contributed by atoms with van der Waals surface area (Å²) >= 11 is 0. The van der Waals surface area contributed by atoms with Gasteiger partial charge in [-0.3, -0.25) is 4.79 Å². The summed E-state index contributed by atoms with van der Waals surface area (Å²) in [6.45, 7) is 2.88. The number of carbonyl (C=O) groups excluding carboxylic acids is 1. The Hall–Kier alpha value is -1.33. The molecule has 5 nitrogen and oxygen atoms in total. The smallest absolute Gasteiger partial charge is 0.270 e. The van der Waals surface area contributed by atoms with Crippen LogP contribution in [0.5, 0.6) is 0 Å². The minimum Gasteiger partial charge on any atom is -0.396 e. The van der Waals surface area contributed by atoms with E-state index in [0.29, 0.717) is 25.4 Å². The Kier molecular flexibility index (Phi) is 4.99. The number of aliphatic hydroxyl groups excluding tert-OH is 1. The fourth-order valence-electron chi connectivity index (χ4n) is 2.55. The highest BCUT2D eigenvalue weighted by atomic mass is 16.5. The molecule has 1 N–H and O–H groups in total. The third-order valence-corrected chi connectivity index (χ3v) is 3.65. The highest BCUT2D eigenvalue weighted by molar-refractivity contribution is 5.92. The second-order valence-corrected chi connectivity index (χ2v) is 5.02. The number of rotatable bonds is 5. The van der Waals surface area contributed by atoms with Gasteiger partial charge in [-0.1, -0.05) is 0 Å². The molecule has 1 amide bonds. The lowest BCUT2D eigenvalue weighted by atomic mass is 9.99. The van der Waals surface area contributed by atoms with E-state index in [0.717, 1.165) is 19.4 Å². The van der Waals surface area contributed by atoms with E-state index in [1.54, 1.807) is 7.11 Å². The molecule has 1 aliphatic heterocycles. The first-order valence-corrected chi connectivity index (χ1v) is 6.80. The second kappa shape index (κ2) is 6.73. The number of methoxy groups -OCH3 is 1. The van der Waals surface area contributed by atoms with Crippen molar-refractivity contribution >= 4 is 5.91 Å². The zero-order chi connectivity index (χ0) is 13.7. The highest BCUT2D eigenvalue weighted by Crippen LogP contribution is 2.18. The maximum atomic E-state index is 12.5. The molecule has 19 heavy (non-hydrogen) atoms. The molecule has 0 aliphatic carbocycles. The molecule has 1 aromatic rings. The van der Waals surface area contributed by atoms with Crippen LogP contribution in [0.4, 0.5) is 0 Å². The molecular weight excluding hydrogens is 244 g/mol. The summed E-state index contributed by atoms with van der Waals surface area (Å²) in [6.07, 6.45) is 3.88. The first kappa shape index (κ1) is 14.1. The molecule has 5 heteroatoms. The largest absolute Gasteiger partial charge is 0.396 e. The summed E-state index contributed by atoms with van der Waals surface area (Å²) in [6, 6.07) is 3.73. The van der Waals surface area contributed by atoms with E-state index >= 15 is 0 Å². The third kappa shape index (κ3) is 3.36. The molecule has 1 atom stereocenters. The van der Waals surface area contributed by atoms with E-state index in [-0.39, 0.29) is 18.4 Å². The zero-order valence-electron chi connectivity index (χ0n) is 11.4. The first-order chi connectivity index (χ1) is 9.26. The molecule has 0 saturated carbocycles. The SMILES string of the molecule is COCCn1cccc1C(=O)N1CCCC(CO)C1. The molecule has 1 saturated heterocycles. The van der Waals surface area contributed by atoms with E-state index in [1.807, 2.05) is 27.8 Å². The number of hydrogen-bond donors (Lipinski definition) is 1. The van der Waals surface area contributed by atoms with Crippen LogP contribution in [0.3, 0.4) is 0 Å². The lowest BCUT2D eigenvalue weighted by Crippen LogP contribution is -2.41. The Morgan fingerprint density at radius 3 is 3.16 bits per heavy atom. The van der Waals surface area contributed by atoms with E-state index in [1.165, 1.54) is 0 Å². The fourth-order valence-corrected chi connectivity index (χ4v) is 2.55. The normalized spacial score (nSPS) is 19.7. The Bertz CT molecular complexity index is 417. The maximum Gasteiger partial charge on any atom is 0.270 e. The molecule has 0 spiro atoms. The van der Waals surface area contributed by atoms with Crippen LogP contribution in [-0.4, -0.2) is 53.9 Å². The molecule has 1 aromatic heterocycles. The van der Waals surface area contributed by atoms with E-state index in [4.69, 9.17) is 4.74 Å². The molecule has 0 bridgehead atoms. The maximum absolute atomic E-state index is 12.5. The molecule has 106 valence electrons. The molecule has 0 radical (unpaired) electrons. The Labute approximate surface area is 113 Å². The van der Waals surface area contributed by atoms with E-state index < -0.39 is 0 Å². The van der Waals surface area contributed by atoms with Crippen molar-refractivity contribution in [3.8, 4) is 0 Å². The first-order valence-electron chi connectivity index (χ1n) is 6.80. The van der Waals surface area contributed by atoms with Crippen molar-refractivity contribution in [1.82, 2.24) is 9.47 Å². The number of amides is 1. The topological polar surface area (TPSA) is 54.7 Å². The van der Waals surface area contributed by atoms with Gasteiger partial charge in [0.2, 0.25) is 0 Å². The van der Waals surface area contributed by atoms with Crippen LogP contribution >= 0.6 is 0 Å². The molecule has 1 fully saturated rings. The summed E-state index contributed by atoms with van der Waals surface area (Å²) in [5, 5.41) is 9.23. The van der Waals surface area contributed by atoms with Gasteiger partial charge in [-0.05, 0) is 30.9 Å². The lowest BCUT2D eigenvalue weighted by Gasteiger charge is -2.32. The Morgan fingerprint density at radius 2 is 2.42 bits per heavy atom. The highest BCUT2D eigenvalue weighted by Gasteiger charge is 2.25. The molecule has 0 aromatic carbocycles. The number of likely N-dealkylation sites (tertiary alicyclic amines) is 1. The van der Waals surface area contributed by atoms with Gasteiger partial charge in [0.25, 0.3) is 5.91 Å². The molecule has 2 heterocycles. The van der Waals surface area contributed by atoms with Gasteiger partial charge in [-0.15, -0.1) is 0 Å². The zero-order valence-corrected chi connectivity index (χ0v) is 11.4. The van der Waals surface area contributed by atoms with Gasteiger partial charge < -0.3 is 19.3 Å². The minimum absolute atomic E-state index is 0.0549. The van der Waals surface area contributed by atoms with Crippen LogP contribution in [0.2, 0.25) is 0 Å². The number of hydrogen-bond acceptors (Lipinski definition) is 3. The molecular formula is C14H22N2O3. The van der Waals surface area contributed by atoms with Crippen molar-refractivity contribution in [1.29, 1.82) is 0 Å². The van der Waals surface area contributed by atoms with Gasteiger partial charge in [-0.25, -0.2) is 0 Å². The monoisotopic (exact) mass is 266 g/mol. The number of aliphatic hydroxyl groups is 1. The van der Waals surface area contributed by atoms with Gasteiger partial charge in [0.15, 0.2) is 0 Å². The Morgan fingerprint density at radius 1 is 1.58 bits per heavy atom. The summed E-state index contributed by atoms with van der Waals surface area (Å²) < 4.78 is 6.98. The summed E-state index contributed by atoms with van der Waals surface area (Å²) in [5.74, 6) is 0.277. The standard InChI is InChI=1S/C14H22N2O3/c1-19-9-8-15-6-3-5-13(15)14(18)16-7-2-4-12(10-16)11-17/h3,5-6,12,17H,2,4,7-11H2,1H3. The molecule has 2 rings (SSSR count). The summed E-state index contributed by atoms with van der Waals surface area (Å²) in [7, 11) is 1.65. The van der Waals surface area contributed by atoms with E-state index in [2.05, 4.69) is 0 Å². The van der Waals surface area contributed by atoms with Crippen LogP contribution in [0, 0.1) is 5.92 Å². The Balaban J connectivity index is 2.04. The summed E-state index contributed by atoms with van der Waals surface area (Å²) in [5.41, 5.74) is 0.704. The predicted octanol–water partition coefficient (Wildman–Crippen LogP) is 0.979. The van der Waals surface area contributed by atoms with Gasteiger partial charge in [0.1, 0.15) is 5.69 Å². The number of carbonyl (C=O) groups is 1. The van der Waals surface area contributed by atoms with Crippen LogP contribution in [0.15, 0.2) is 18.3 Å². The van der Waals surface area contributed by atoms with Crippen LogP contribution in [0.1, 0.15) is 23.3 Å². The molecule has 1 aliphatic rings. The van der Waals surface area contributed by atoms with Crippen molar-refractivity contribution in [3.05, 3.63) is 24.0 Å². The van der Waals surface area contributed by atoms with Crippen LogP contribution in [0.25, 0.3) is 0 Å². The fraction of sp³-hybridized carbons (Fsp3) is 0.643. The number of ether oxygens (including phenoxy) is 1. The van der Waals surface area contributed by atoms with Gasteiger partial charge in [0, 0.05) is 39.5 Å².